The monoisotopic (exact) mass is 300 g/mol. The molecule has 0 saturated carbocycles. The normalized spacial score (nSPS) is 26.9. The fourth-order valence-electron chi connectivity index (χ4n) is 3.58. The number of hydrogen-bond donors (Lipinski definition) is 2. The number of aliphatic hydroxyl groups excluding tert-OH is 1. The summed E-state index contributed by atoms with van der Waals surface area (Å²) in [7, 11) is 0. The predicted octanol–water partition coefficient (Wildman–Crippen LogP) is 2.26. The fraction of sp³-hybridized carbons (Fsp3) is 1.00. The third-order valence-corrected chi connectivity index (χ3v) is 3.75. The number of nitrogens with zero attached hydrogens (tertiary/aromatic N) is 1. The Labute approximate surface area is 131 Å². The molecule has 21 heavy (non-hydrogen) atoms. The van der Waals surface area contributed by atoms with E-state index in [2.05, 4.69) is 58.7 Å². The highest BCUT2D eigenvalue weighted by Crippen LogP contribution is 2.26. The molecule has 0 aromatic heterocycles. The molecule has 0 aromatic carbocycles. The maximum atomic E-state index is 10.3. The Morgan fingerprint density at radius 3 is 2.14 bits per heavy atom. The van der Waals surface area contributed by atoms with E-state index < -0.39 is 0 Å². The standard InChI is InChI=1S/C17H36N2O2/c1-13-9-19(10-14(2)21-13)11-15(20)8-18-17(6,7)12-16(3,4)5/h13-15,18,20H,8-12H2,1-7H3. The van der Waals surface area contributed by atoms with Crippen LogP contribution in [0, 0.1) is 5.41 Å². The van der Waals surface area contributed by atoms with E-state index in [9.17, 15) is 5.11 Å². The lowest BCUT2D eigenvalue weighted by atomic mass is 9.82. The van der Waals surface area contributed by atoms with Gasteiger partial charge in [0.15, 0.2) is 0 Å². The number of β-amino-alcohol motifs (C(OH)–C–C–N with tert-alkyl or cyclic N) is 1. The molecule has 0 radical (unpaired) electrons. The molecule has 1 aliphatic heterocycles. The summed E-state index contributed by atoms with van der Waals surface area (Å²) < 4.78 is 5.73. The van der Waals surface area contributed by atoms with Gasteiger partial charge in [-0.05, 0) is 39.5 Å². The first-order valence-corrected chi connectivity index (χ1v) is 8.28. The predicted molar refractivity (Wildman–Crippen MR) is 88.6 cm³/mol. The molecule has 1 rings (SSSR count). The molecule has 0 spiro atoms. The Balaban J connectivity index is 2.35. The van der Waals surface area contributed by atoms with Crippen molar-refractivity contribution < 1.29 is 9.84 Å². The van der Waals surface area contributed by atoms with Crippen LogP contribution in [0.15, 0.2) is 0 Å². The van der Waals surface area contributed by atoms with E-state index in [1.54, 1.807) is 0 Å². The first-order chi connectivity index (χ1) is 9.47. The molecular formula is C17H36N2O2. The van der Waals surface area contributed by atoms with Gasteiger partial charge in [0, 0.05) is 31.7 Å². The minimum Gasteiger partial charge on any atom is -0.390 e. The molecule has 126 valence electrons. The Morgan fingerprint density at radius 2 is 1.67 bits per heavy atom. The number of aliphatic hydroxyl groups is 1. The van der Waals surface area contributed by atoms with E-state index in [4.69, 9.17) is 4.74 Å². The summed E-state index contributed by atoms with van der Waals surface area (Å²) in [4.78, 5) is 2.31. The van der Waals surface area contributed by atoms with E-state index in [1.807, 2.05) is 0 Å². The summed E-state index contributed by atoms with van der Waals surface area (Å²) in [5.74, 6) is 0. The van der Waals surface area contributed by atoms with Crippen LogP contribution in [0.5, 0.6) is 0 Å². The van der Waals surface area contributed by atoms with E-state index in [1.165, 1.54) is 0 Å². The zero-order chi connectivity index (χ0) is 16.3. The van der Waals surface area contributed by atoms with E-state index >= 15 is 0 Å². The summed E-state index contributed by atoms with van der Waals surface area (Å²) in [5.41, 5.74) is 0.335. The first kappa shape index (κ1) is 18.9. The minimum absolute atomic E-state index is 0.0465. The van der Waals surface area contributed by atoms with Crippen molar-refractivity contribution in [2.75, 3.05) is 26.2 Å². The minimum atomic E-state index is -0.332. The molecule has 1 fully saturated rings. The van der Waals surface area contributed by atoms with Crippen molar-refractivity contribution in [2.45, 2.75) is 78.7 Å². The van der Waals surface area contributed by atoms with Crippen LogP contribution in [0.25, 0.3) is 0 Å². The van der Waals surface area contributed by atoms with E-state index in [-0.39, 0.29) is 29.3 Å². The van der Waals surface area contributed by atoms with Gasteiger partial charge in [0.1, 0.15) is 0 Å². The lowest BCUT2D eigenvalue weighted by Crippen LogP contribution is -2.51. The molecule has 0 aliphatic carbocycles. The number of morpholine rings is 1. The zero-order valence-corrected chi connectivity index (χ0v) is 15.1. The molecule has 0 aromatic rings. The summed E-state index contributed by atoms with van der Waals surface area (Å²) in [6.45, 7) is 18.6. The van der Waals surface area contributed by atoms with Gasteiger partial charge in [-0.3, -0.25) is 4.90 Å². The van der Waals surface area contributed by atoms with Crippen molar-refractivity contribution in [2.24, 2.45) is 5.41 Å². The topological polar surface area (TPSA) is 44.7 Å². The second kappa shape index (κ2) is 7.40. The fourth-order valence-corrected chi connectivity index (χ4v) is 3.58. The second-order valence-corrected chi connectivity index (χ2v) is 8.63. The van der Waals surface area contributed by atoms with Crippen molar-refractivity contribution >= 4 is 0 Å². The van der Waals surface area contributed by atoms with Crippen LogP contribution in [0.2, 0.25) is 0 Å². The SMILES string of the molecule is CC1CN(CC(O)CNC(C)(C)CC(C)(C)C)CC(C)O1. The van der Waals surface area contributed by atoms with Crippen LogP contribution >= 0.6 is 0 Å². The third kappa shape index (κ3) is 8.15. The van der Waals surface area contributed by atoms with Gasteiger partial charge in [0.25, 0.3) is 0 Å². The molecule has 4 heteroatoms. The number of nitrogens with one attached hydrogen (secondary N) is 1. The molecule has 0 amide bonds. The Kier molecular flexibility index (Phi) is 6.66. The summed E-state index contributed by atoms with van der Waals surface area (Å²) in [5, 5.41) is 13.8. The molecule has 3 atom stereocenters. The lowest BCUT2D eigenvalue weighted by Gasteiger charge is -2.37. The number of rotatable bonds is 6. The van der Waals surface area contributed by atoms with Gasteiger partial charge in [-0.15, -0.1) is 0 Å². The quantitative estimate of drug-likeness (QED) is 0.790. The Bertz CT molecular complexity index is 302. The van der Waals surface area contributed by atoms with Crippen molar-refractivity contribution in [3.63, 3.8) is 0 Å². The van der Waals surface area contributed by atoms with E-state index in [0.29, 0.717) is 6.54 Å². The van der Waals surface area contributed by atoms with Crippen molar-refractivity contribution in [3.8, 4) is 0 Å². The molecule has 1 aliphatic rings. The maximum Gasteiger partial charge on any atom is 0.0791 e. The lowest BCUT2D eigenvalue weighted by molar-refractivity contribution is -0.0765. The van der Waals surface area contributed by atoms with Crippen LogP contribution in [-0.4, -0.2) is 60.0 Å². The summed E-state index contributed by atoms with van der Waals surface area (Å²) >= 11 is 0. The molecule has 2 N–H and O–H groups in total. The van der Waals surface area contributed by atoms with Crippen LogP contribution in [0.4, 0.5) is 0 Å². The van der Waals surface area contributed by atoms with Gasteiger partial charge >= 0.3 is 0 Å². The molecule has 1 saturated heterocycles. The largest absolute Gasteiger partial charge is 0.390 e. The van der Waals surface area contributed by atoms with Gasteiger partial charge in [0.2, 0.25) is 0 Å². The third-order valence-electron chi connectivity index (χ3n) is 3.75. The van der Waals surface area contributed by atoms with E-state index in [0.717, 1.165) is 26.1 Å². The smallest absolute Gasteiger partial charge is 0.0791 e. The highest BCUT2D eigenvalue weighted by Gasteiger charge is 2.27. The van der Waals surface area contributed by atoms with Crippen LogP contribution in [0.1, 0.15) is 54.9 Å². The van der Waals surface area contributed by atoms with Gasteiger partial charge in [-0.2, -0.15) is 0 Å². The highest BCUT2D eigenvalue weighted by molar-refractivity contribution is 4.85. The molecule has 3 unspecified atom stereocenters. The summed E-state index contributed by atoms with van der Waals surface area (Å²) in [6.07, 6.45) is 1.26. The highest BCUT2D eigenvalue weighted by atomic mass is 16.5. The van der Waals surface area contributed by atoms with Gasteiger partial charge in [-0.1, -0.05) is 20.8 Å². The first-order valence-electron chi connectivity index (χ1n) is 8.28. The number of ether oxygens (including phenoxy) is 1. The number of hydrogen-bond acceptors (Lipinski definition) is 4. The Hall–Kier alpha value is -0.160. The van der Waals surface area contributed by atoms with Crippen molar-refractivity contribution in [1.82, 2.24) is 10.2 Å². The van der Waals surface area contributed by atoms with Crippen LogP contribution < -0.4 is 5.32 Å². The molecule has 4 nitrogen and oxygen atoms in total. The average molecular weight is 300 g/mol. The van der Waals surface area contributed by atoms with Crippen LogP contribution in [-0.2, 0) is 4.74 Å². The molecule has 0 bridgehead atoms. The summed E-state index contributed by atoms with van der Waals surface area (Å²) in [6, 6.07) is 0. The van der Waals surface area contributed by atoms with Gasteiger partial charge in [0.05, 0.1) is 18.3 Å². The van der Waals surface area contributed by atoms with Crippen molar-refractivity contribution in [3.05, 3.63) is 0 Å². The zero-order valence-electron chi connectivity index (χ0n) is 15.1. The van der Waals surface area contributed by atoms with Gasteiger partial charge < -0.3 is 15.2 Å². The van der Waals surface area contributed by atoms with Gasteiger partial charge in [-0.25, -0.2) is 0 Å². The molecular weight excluding hydrogens is 264 g/mol. The second-order valence-electron chi connectivity index (χ2n) is 8.63. The van der Waals surface area contributed by atoms with Crippen LogP contribution in [0.3, 0.4) is 0 Å². The molecule has 1 heterocycles. The maximum absolute atomic E-state index is 10.3. The Morgan fingerprint density at radius 1 is 1.14 bits per heavy atom. The average Bonchev–Trinajstić information content (AvgIpc) is 2.21. The van der Waals surface area contributed by atoms with Crippen molar-refractivity contribution in [1.29, 1.82) is 0 Å².